The van der Waals surface area contributed by atoms with E-state index in [0.29, 0.717) is 5.69 Å². The number of nitrogens with zero attached hydrogens (tertiary/aromatic N) is 5. The van der Waals surface area contributed by atoms with Gasteiger partial charge in [-0.05, 0) is 24.6 Å². The van der Waals surface area contributed by atoms with Crippen LogP contribution in [0.15, 0.2) is 54.2 Å². The molecule has 0 radical (unpaired) electrons. The van der Waals surface area contributed by atoms with Crippen LogP contribution >= 0.6 is 11.6 Å². The van der Waals surface area contributed by atoms with Gasteiger partial charge in [-0.1, -0.05) is 11.6 Å². The van der Waals surface area contributed by atoms with E-state index in [1.165, 1.54) is 17.0 Å². The summed E-state index contributed by atoms with van der Waals surface area (Å²) in [5.74, 6) is 0.0385. The number of rotatable bonds is 4. The summed E-state index contributed by atoms with van der Waals surface area (Å²) in [6, 6.07) is 5.40. The molecule has 4 rings (SSSR count). The zero-order chi connectivity index (χ0) is 21.5. The number of imidazole rings is 1. The van der Waals surface area contributed by atoms with E-state index in [-0.39, 0.29) is 35.2 Å². The molecule has 2 aromatic heterocycles. The highest BCUT2D eigenvalue weighted by molar-refractivity contribution is 7.92. The van der Waals surface area contributed by atoms with Crippen LogP contribution in [0.25, 0.3) is 5.69 Å². The van der Waals surface area contributed by atoms with Gasteiger partial charge >= 0.3 is 6.18 Å². The van der Waals surface area contributed by atoms with Gasteiger partial charge in [-0.3, -0.25) is 0 Å². The van der Waals surface area contributed by atoms with Gasteiger partial charge in [0.1, 0.15) is 17.8 Å². The summed E-state index contributed by atoms with van der Waals surface area (Å²) in [6.45, 7) is 0.263. The van der Waals surface area contributed by atoms with E-state index in [0.717, 1.165) is 12.4 Å². The highest BCUT2D eigenvalue weighted by atomic mass is 35.5. The van der Waals surface area contributed by atoms with Crippen LogP contribution in [-0.4, -0.2) is 46.3 Å². The third kappa shape index (κ3) is 3.86. The third-order valence-electron chi connectivity index (χ3n) is 4.88. The first-order valence-corrected chi connectivity index (χ1v) is 10.7. The molecular formula is C18H15ClF3N5O2S. The van der Waals surface area contributed by atoms with Crippen LogP contribution < -0.4 is 4.90 Å². The summed E-state index contributed by atoms with van der Waals surface area (Å²) in [7, 11) is -3.80. The van der Waals surface area contributed by atoms with Crippen molar-refractivity contribution in [2.24, 2.45) is 0 Å². The quantitative estimate of drug-likeness (QED) is 0.597. The fraction of sp³-hybridized carbons (Fsp3) is 0.278. The molecule has 0 aliphatic carbocycles. The van der Waals surface area contributed by atoms with Crippen molar-refractivity contribution in [3.63, 3.8) is 0 Å². The molecular weight excluding hydrogens is 443 g/mol. The van der Waals surface area contributed by atoms with Gasteiger partial charge in [0.05, 0.1) is 21.5 Å². The fourth-order valence-corrected chi connectivity index (χ4v) is 5.57. The van der Waals surface area contributed by atoms with Crippen molar-refractivity contribution in [1.82, 2.24) is 19.5 Å². The molecule has 0 amide bonds. The summed E-state index contributed by atoms with van der Waals surface area (Å²) in [5.41, 5.74) is -0.415. The molecule has 0 saturated carbocycles. The normalized spacial score (nSPS) is 17.5. The largest absolute Gasteiger partial charge is 0.433 e. The summed E-state index contributed by atoms with van der Waals surface area (Å²) in [5, 5.41) is -0.751. The first-order valence-electron chi connectivity index (χ1n) is 8.82. The van der Waals surface area contributed by atoms with E-state index in [2.05, 4.69) is 15.0 Å². The van der Waals surface area contributed by atoms with Gasteiger partial charge in [-0.25, -0.2) is 23.4 Å². The lowest BCUT2D eigenvalue weighted by Gasteiger charge is -2.19. The lowest BCUT2D eigenvalue weighted by Crippen LogP contribution is -2.28. The maximum Gasteiger partial charge on any atom is 0.433 e. The molecule has 1 aliphatic heterocycles. The standard InChI is InChI=1S/C18H15ClF3N5O2S/c19-14-7-12(27-6-4-23-11-27)1-2-15(14)30(28,29)13-3-5-26(9-13)17-8-16(18(20,21)22)24-10-25-17/h1-2,4,6-8,10-11,13H,3,5,9H2/t13-/m0/s1. The molecule has 30 heavy (non-hydrogen) atoms. The molecule has 1 aliphatic rings. The molecule has 7 nitrogen and oxygen atoms in total. The van der Waals surface area contributed by atoms with Crippen molar-refractivity contribution >= 4 is 27.3 Å². The lowest BCUT2D eigenvalue weighted by molar-refractivity contribution is -0.141. The SMILES string of the molecule is O=S(=O)(c1ccc(-n2ccnc2)cc1Cl)[C@H]1CCN(c2cc(C(F)(F)F)ncn2)C1. The minimum atomic E-state index is -4.60. The van der Waals surface area contributed by atoms with Gasteiger partial charge in [0.2, 0.25) is 0 Å². The van der Waals surface area contributed by atoms with E-state index in [9.17, 15) is 21.6 Å². The minimum absolute atomic E-state index is 0.0102. The van der Waals surface area contributed by atoms with Crippen LogP contribution in [0.5, 0.6) is 0 Å². The highest BCUT2D eigenvalue weighted by Gasteiger charge is 2.38. The molecule has 3 heterocycles. The average Bonchev–Trinajstić information content (AvgIpc) is 3.39. The number of halogens is 4. The zero-order valence-electron chi connectivity index (χ0n) is 15.3. The molecule has 1 saturated heterocycles. The molecule has 1 fully saturated rings. The lowest BCUT2D eigenvalue weighted by atomic mass is 10.3. The maximum absolute atomic E-state index is 13.1. The molecule has 1 atom stereocenters. The first kappa shape index (κ1) is 20.6. The summed E-state index contributed by atoms with van der Waals surface area (Å²) >= 11 is 6.26. The molecule has 1 aromatic carbocycles. The molecule has 0 unspecified atom stereocenters. The van der Waals surface area contributed by atoms with Crippen LogP contribution in [0.3, 0.4) is 0 Å². The summed E-state index contributed by atoms with van der Waals surface area (Å²) < 4.78 is 66.6. The minimum Gasteiger partial charge on any atom is -0.355 e. The van der Waals surface area contributed by atoms with Crippen LogP contribution in [-0.2, 0) is 16.0 Å². The molecule has 3 aromatic rings. The monoisotopic (exact) mass is 457 g/mol. The average molecular weight is 458 g/mol. The first-order chi connectivity index (χ1) is 14.2. The van der Waals surface area contributed by atoms with Gasteiger partial charge in [0, 0.05) is 37.2 Å². The van der Waals surface area contributed by atoms with Gasteiger partial charge in [-0.15, -0.1) is 0 Å². The Morgan fingerprint density at radius 3 is 2.63 bits per heavy atom. The van der Waals surface area contributed by atoms with E-state index < -0.39 is 27.0 Å². The van der Waals surface area contributed by atoms with Crippen LogP contribution in [0.2, 0.25) is 5.02 Å². The smallest absolute Gasteiger partial charge is 0.355 e. The number of hydrogen-bond donors (Lipinski definition) is 0. The topological polar surface area (TPSA) is 81.0 Å². The Morgan fingerprint density at radius 2 is 1.97 bits per heavy atom. The van der Waals surface area contributed by atoms with Gasteiger partial charge in [-0.2, -0.15) is 13.2 Å². The number of hydrogen-bond acceptors (Lipinski definition) is 6. The van der Waals surface area contributed by atoms with Crippen molar-refractivity contribution in [2.45, 2.75) is 22.7 Å². The summed E-state index contributed by atoms with van der Waals surface area (Å²) in [4.78, 5) is 12.5. The second kappa shape index (κ2) is 7.55. The van der Waals surface area contributed by atoms with Crippen molar-refractivity contribution in [3.8, 4) is 5.69 Å². The summed E-state index contributed by atoms with van der Waals surface area (Å²) in [6.07, 6.45) is 1.31. The number of sulfone groups is 1. The van der Waals surface area contributed by atoms with E-state index in [4.69, 9.17) is 11.6 Å². The molecule has 12 heteroatoms. The van der Waals surface area contributed by atoms with Gasteiger partial charge in [0.25, 0.3) is 0 Å². The molecule has 0 bridgehead atoms. The third-order valence-corrected chi connectivity index (χ3v) is 7.53. The predicted molar refractivity (Wildman–Crippen MR) is 103 cm³/mol. The van der Waals surface area contributed by atoms with Crippen LogP contribution in [0.4, 0.5) is 19.0 Å². The Morgan fingerprint density at radius 1 is 1.17 bits per heavy atom. The van der Waals surface area contributed by atoms with Crippen LogP contribution in [0, 0.1) is 0 Å². The van der Waals surface area contributed by atoms with Gasteiger partial charge in [0.15, 0.2) is 9.84 Å². The number of anilines is 1. The predicted octanol–water partition coefficient (Wildman–Crippen LogP) is 3.39. The highest BCUT2D eigenvalue weighted by Crippen LogP contribution is 2.33. The Hall–Kier alpha value is -2.66. The Bertz CT molecular complexity index is 1170. The van der Waals surface area contributed by atoms with Crippen molar-refractivity contribution in [3.05, 3.63) is 60.0 Å². The number of alkyl halides is 3. The fourth-order valence-electron chi connectivity index (χ4n) is 3.34. The van der Waals surface area contributed by atoms with E-state index >= 15 is 0 Å². The van der Waals surface area contributed by atoms with Gasteiger partial charge < -0.3 is 9.47 Å². The van der Waals surface area contributed by atoms with Crippen molar-refractivity contribution < 1.29 is 21.6 Å². The Balaban J connectivity index is 1.57. The van der Waals surface area contributed by atoms with E-state index in [1.54, 1.807) is 29.4 Å². The Labute approximate surface area is 175 Å². The molecule has 0 N–H and O–H groups in total. The maximum atomic E-state index is 13.1. The molecule has 158 valence electrons. The zero-order valence-corrected chi connectivity index (χ0v) is 16.9. The Kier molecular flexibility index (Phi) is 5.18. The number of aromatic nitrogens is 4. The van der Waals surface area contributed by atoms with Crippen molar-refractivity contribution in [1.29, 1.82) is 0 Å². The van der Waals surface area contributed by atoms with Crippen molar-refractivity contribution in [2.75, 3.05) is 18.0 Å². The molecule has 0 spiro atoms. The second-order valence-electron chi connectivity index (χ2n) is 6.75. The number of benzene rings is 1. The van der Waals surface area contributed by atoms with Crippen LogP contribution in [0.1, 0.15) is 12.1 Å². The van der Waals surface area contributed by atoms with E-state index in [1.807, 2.05) is 0 Å². The second-order valence-corrected chi connectivity index (χ2v) is 9.35.